The maximum absolute atomic E-state index is 10.9. The molecule has 0 saturated carbocycles. The summed E-state index contributed by atoms with van der Waals surface area (Å²) in [7, 11) is 1.83. The lowest BCUT2D eigenvalue weighted by molar-refractivity contribution is -0.139. The fourth-order valence-electron chi connectivity index (χ4n) is 1.92. The molecule has 0 radical (unpaired) electrons. The summed E-state index contributed by atoms with van der Waals surface area (Å²) in [6.45, 7) is 0. The van der Waals surface area contributed by atoms with Gasteiger partial charge in [0.05, 0.1) is 11.6 Å². The fraction of sp³-hybridized carbons (Fsp3) is 0.556. The summed E-state index contributed by atoms with van der Waals surface area (Å²) in [4.78, 5) is 10.9. The van der Waals surface area contributed by atoms with E-state index in [-0.39, 0.29) is 5.92 Å². The average Bonchev–Trinajstić information content (AvgIpc) is 2.43. The van der Waals surface area contributed by atoms with Crippen LogP contribution in [-0.2, 0) is 18.3 Å². The molecule has 4 heteroatoms. The lowest BCUT2D eigenvalue weighted by Crippen LogP contribution is -2.16. The number of aromatic nitrogens is 2. The molecule has 0 fully saturated rings. The number of carboxylic acids is 1. The predicted molar refractivity (Wildman–Crippen MR) is 46.5 cm³/mol. The molecule has 1 aromatic heterocycles. The second-order valence-corrected chi connectivity index (χ2v) is 3.49. The highest BCUT2D eigenvalue weighted by molar-refractivity contribution is 5.76. The van der Waals surface area contributed by atoms with Gasteiger partial charge in [-0.2, -0.15) is 5.10 Å². The Labute approximate surface area is 76.2 Å². The summed E-state index contributed by atoms with van der Waals surface area (Å²) in [6, 6.07) is 0. The summed E-state index contributed by atoms with van der Waals surface area (Å²) in [5, 5.41) is 13.2. The molecule has 0 aromatic carbocycles. The molecule has 0 amide bonds. The number of hydrogen-bond acceptors (Lipinski definition) is 2. The highest BCUT2D eigenvalue weighted by atomic mass is 16.4. The first-order valence-corrected chi connectivity index (χ1v) is 4.43. The summed E-state index contributed by atoms with van der Waals surface area (Å²) in [5.74, 6) is -1.06. The van der Waals surface area contributed by atoms with Crippen LogP contribution in [0, 0.1) is 0 Å². The van der Waals surface area contributed by atoms with Gasteiger partial charge in [-0.3, -0.25) is 9.48 Å². The quantitative estimate of drug-likeness (QED) is 0.699. The third-order valence-electron chi connectivity index (χ3n) is 2.52. The van der Waals surface area contributed by atoms with E-state index >= 15 is 0 Å². The van der Waals surface area contributed by atoms with E-state index in [1.165, 1.54) is 0 Å². The number of carbonyl (C=O) groups is 1. The Morgan fingerprint density at radius 1 is 1.77 bits per heavy atom. The Kier molecular flexibility index (Phi) is 1.83. The van der Waals surface area contributed by atoms with Crippen molar-refractivity contribution in [2.75, 3.05) is 0 Å². The van der Waals surface area contributed by atoms with Gasteiger partial charge in [0, 0.05) is 18.8 Å². The summed E-state index contributed by atoms with van der Waals surface area (Å²) in [5.41, 5.74) is 1.86. The maximum atomic E-state index is 10.9. The minimum atomic E-state index is -0.728. The zero-order valence-corrected chi connectivity index (χ0v) is 7.53. The second-order valence-electron chi connectivity index (χ2n) is 3.49. The first-order chi connectivity index (χ1) is 6.18. The van der Waals surface area contributed by atoms with Crippen LogP contribution in [0.1, 0.15) is 30.0 Å². The van der Waals surface area contributed by atoms with Crippen molar-refractivity contribution in [3.8, 4) is 0 Å². The van der Waals surface area contributed by atoms with Crippen LogP contribution in [0.3, 0.4) is 0 Å². The minimum absolute atomic E-state index is 0.336. The van der Waals surface area contributed by atoms with E-state index in [4.69, 9.17) is 5.11 Å². The van der Waals surface area contributed by atoms with Gasteiger partial charge in [-0.25, -0.2) is 0 Å². The summed E-state index contributed by atoms with van der Waals surface area (Å²) < 4.78 is 1.70. The van der Waals surface area contributed by atoms with Crippen molar-refractivity contribution >= 4 is 5.97 Å². The first kappa shape index (κ1) is 8.29. The van der Waals surface area contributed by atoms with Gasteiger partial charge in [0.15, 0.2) is 0 Å². The molecule has 70 valence electrons. The van der Waals surface area contributed by atoms with Crippen LogP contribution in [0.15, 0.2) is 6.20 Å². The van der Waals surface area contributed by atoms with Gasteiger partial charge >= 0.3 is 5.97 Å². The van der Waals surface area contributed by atoms with E-state index < -0.39 is 5.97 Å². The Hall–Kier alpha value is -1.32. The van der Waals surface area contributed by atoms with Crippen molar-refractivity contribution in [2.24, 2.45) is 7.05 Å². The van der Waals surface area contributed by atoms with Crippen LogP contribution in [0.25, 0.3) is 0 Å². The minimum Gasteiger partial charge on any atom is -0.481 e. The Bertz CT molecular complexity index is 343. The van der Waals surface area contributed by atoms with Crippen LogP contribution in [0.2, 0.25) is 0 Å². The van der Waals surface area contributed by atoms with Crippen molar-refractivity contribution in [2.45, 2.75) is 25.2 Å². The van der Waals surface area contributed by atoms with Crippen molar-refractivity contribution in [3.63, 3.8) is 0 Å². The van der Waals surface area contributed by atoms with Crippen LogP contribution >= 0.6 is 0 Å². The number of carboxylic acid groups (broad SMARTS) is 1. The zero-order chi connectivity index (χ0) is 9.42. The van der Waals surface area contributed by atoms with Crippen LogP contribution in [-0.4, -0.2) is 20.9 Å². The average molecular weight is 180 g/mol. The standard InChI is InChI=1S/C9H12N2O2/c1-11-5-7-6(9(12)13)3-2-4-8(7)10-11/h5-6H,2-4H2,1H3,(H,12,13)/t6-/m1/s1. The number of nitrogens with zero attached hydrogens (tertiary/aromatic N) is 2. The van der Waals surface area contributed by atoms with E-state index in [0.29, 0.717) is 0 Å². The van der Waals surface area contributed by atoms with Gasteiger partial charge in [0.1, 0.15) is 0 Å². The van der Waals surface area contributed by atoms with E-state index in [1.54, 1.807) is 4.68 Å². The Morgan fingerprint density at radius 2 is 2.54 bits per heavy atom. The van der Waals surface area contributed by atoms with Gasteiger partial charge in [-0.1, -0.05) is 0 Å². The SMILES string of the molecule is Cn1cc2c(n1)CCC[C@H]2C(=O)O. The lowest BCUT2D eigenvalue weighted by atomic mass is 9.87. The second kappa shape index (κ2) is 2.87. The number of hydrogen-bond donors (Lipinski definition) is 1. The van der Waals surface area contributed by atoms with Gasteiger partial charge in [0.2, 0.25) is 0 Å². The van der Waals surface area contributed by atoms with Crippen molar-refractivity contribution < 1.29 is 9.90 Å². The Morgan fingerprint density at radius 3 is 3.23 bits per heavy atom. The van der Waals surface area contributed by atoms with E-state index in [9.17, 15) is 4.79 Å². The van der Waals surface area contributed by atoms with Gasteiger partial charge in [-0.15, -0.1) is 0 Å². The highest BCUT2D eigenvalue weighted by Crippen LogP contribution is 2.30. The van der Waals surface area contributed by atoms with Crippen LogP contribution in [0.5, 0.6) is 0 Å². The van der Waals surface area contributed by atoms with Crippen LogP contribution < -0.4 is 0 Å². The zero-order valence-electron chi connectivity index (χ0n) is 7.53. The molecule has 1 aromatic rings. The molecule has 1 N–H and O–H groups in total. The maximum Gasteiger partial charge on any atom is 0.311 e. The number of fused-ring (bicyclic) bond motifs is 1. The monoisotopic (exact) mass is 180 g/mol. The molecule has 2 rings (SSSR count). The first-order valence-electron chi connectivity index (χ1n) is 4.43. The van der Waals surface area contributed by atoms with E-state index in [0.717, 1.165) is 30.5 Å². The smallest absolute Gasteiger partial charge is 0.311 e. The van der Waals surface area contributed by atoms with Crippen molar-refractivity contribution in [1.29, 1.82) is 0 Å². The molecule has 1 atom stereocenters. The van der Waals surface area contributed by atoms with E-state index in [2.05, 4.69) is 5.10 Å². The molecule has 1 aliphatic carbocycles. The van der Waals surface area contributed by atoms with Crippen LogP contribution in [0.4, 0.5) is 0 Å². The highest BCUT2D eigenvalue weighted by Gasteiger charge is 2.28. The van der Waals surface area contributed by atoms with Gasteiger partial charge in [-0.05, 0) is 19.3 Å². The van der Waals surface area contributed by atoms with Crippen molar-refractivity contribution in [1.82, 2.24) is 9.78 Å². The molecule has 0 unspecified atom stereocenters. The normalized spacial score (nSPS) is 21.2. The molecular weight excluding hydrogens is 168 g/mol. The topological polar surface area (TPSA) is 55.1 Å². The summed E-state index contributed by atoms with van der Waals surface area (Å²) in [6.07, 6.45) is 4.42. The lowest BCUT2D eigenvalue weighted by Gasteiger charge is -2.16. The number of aliphatic carboxylic acids is 1. The molecule has 0 aliphatic heterocycles. The number of aryl methyl sites for hydroxylation is 2. The molecular formula is C9H12N2O2. The molecule has 0 saturated heterocycles. The molecule has 1 heterocycles. The largest absolute Gasteiger partial charge is 0.481 e. The molecule has 0 spiro atoms. The Balaban J connectivity index is 2.41. The van der Waals surface area contributed by atoms with E-state index in [1.807, 2.05) is 13.2 Å². The third-order valence-corrected chi connectivity index (χ3v) is 2.52. The molecule has 4 nitrogen and oxygen atoms in total. The summed E-state index contributed by atoms with van der Waals surface area (Å²) >= 11 is 0. The van der Waals surface area contributed by atoms with Crippen molar-refractivity contribution in [3.05, 3.63) is 17.5 Å². The molecule has 1 aliphatic rings. The van der Waals surface area contributed by atoms with Gasteiger partial charge in [0.25, 0.3) is 0 Å². The van der Waals surface area contributed by atoms with Gasteiger partial charge < -0.3 is 5.11 Å². The predicted octanol–water partition coefficient (Wildman–Crippen LogP) is 0.925. The third kappa shape index (κ3) is 1.32. The number of rotatable bonds is 1. The fourth-order valence-corrected chi connectivity index (χ4v) is 1.92. The molecule has 0 bridgehead atoms. The molecule has 13 heavy (non-hydrogen) atoms.